The topological polar surface area (TPSA) is 75.3 Å². The minimum atomic E-state index is 0.297. The van der Waals surface area contributed by atoms with Crippen LogP contribution in [0.4, 0.5) is 0 Å². The maximum Gasteiger partial charge on any atom is 0.228 e. The third-order valence-corrected chi connectivity index (χ3v) is 3.89. The van der Waals surface area contributed by atoms with Crippen LogP contribution < -0.4 is 10.6 Å². The van der Waals surface area contributed by atoms with Crippen LogP contribution in [0.3, 0.4) is 0 Å². The number of aromatic nitrogens is 2. The van der Waals surface area contributed by atoms with Gasteiger partial charge in [-0.1, -0.05) is 38.3 Å². The van der Waals surface area contributed by atoms with Gasteiger partial charge in [0.2, 0.25) is 5.89 Å². The fourth-order valence-corrected chi connectivity index (χ4v) is 2.63. The van der Waals surface area contributed by atoms with Gasteiger partial charge in [-0.15, -0.1) is 0 Å². The second kappa shape index (κ2) is 8.76. The molecule has 0 unspecified atom stereocenters. The van der Waals surface area contributed by atoms with E-state index in [-0.39, 0.29) is 0 Å². The van der Waals surface area contributed by atoms with E-state index < -0.39 is 0 Å². The van der Waals surface area contributed by atoms with Crippen LogP contribution in [0.2, 0.25) is 0 Å². The van der Waals surface area contributed by atoms with Gasteiger partial charge in [-0.2, -0.15) is 4.98 Å². The lowest BCUT2D eigenvalue weighted by atomic mass is 9.96. The summed E-state index contributed by atoms with van der Waals surface area (Å²) in [7, 11) is 0. The lowest BCUT2D eigenvalue weighted by Gasteiger charge is -2.24. The summed E-state index contributed by atoms with van der Waals surface area (Å²) in [6.07, 6.45) is 7.16. The highest BCUT2D eigenvalue weighted by atomic mass is 16.5. The van der Waals surface area contributed by atoms with Crippen LogP contribution in [0.25, 0.3) is 0 Å². The van der Waals surface area contributed by atoms with E-state index in [0.717, 1.165) is 18.3 Å². The second-order valence-electron chi connectivity index (χ2n) is 6.19. The molecular formula is C16H29N5O. The quantitative estimate of drug-likeness (QED) is 0.624. The van der Waals surface area contributed by atoms with Crippen LogP contribution in [0.5, 0.6) is 0 Å². The van der Waals surface area contributed by atoms with Gasteiger partial charge in [0.15, 0.2) is 11.8 Å². The van der Waals surface area contributed by atoms with E-state index >= 15 is 0 Å². The van der Waals surface area contributed by atoms with E-state index in [9.17, 15) is 0 Å². The molecule has 0 radical (unpaired) electrons. The van der Waals surface area contributed by atoms with Crippen molar-refractivity contribution in [3.8, 4) is 0 Å². The van der Waals surface area contributed by atoms with Crippen LogP contribution in [0.15, 0.2) is 9.52 Å². The molecule has 0 aromatic carbocycles. The third-order valence-electron chi connectivity index (χ3n) is 3.89. The highest BCUT2D eigenvalue weighted by Gasteiger charge is 2.14. The lowest BCUT2D eigenvalue weighted by molar-refractivity contribution is 0.372. The number of hydrogen-bond acceptors (Lipinski definition) is 4. The van der Waals surface area contributed by atoms with E-state index in [1.54, 1.807) is 0 Å². The van der Waals surface area contributed by atoms with Crippen LogP contribution in [0.1, 0.15) is 70.5 Å². The third kappa shape index (κ3) is 5.31. The van der Waals surface area contributed by atoms with Crippen molar-refractivity contribution in [3.05, 3.63) is 11.7 Å². The van der Waals surface area contributed by atoms with Gasteiger partial charge in [0.05, 0.1) is 6.54 Å². The first-order chi connectivity index (χ1) is 10.7. The number of nitrogens with zero attached hydrogens (tertiary/aromatic N) is 3. The molecule has 124 valence electrons. The zero-order valence-electron chi connectivity index (χ0n) is 14.1. The largest absolute Gasteiger partial charge is 0.357 e. The second-order valence-corrected chi connectivity index (χ2v) is 6.19. The molecule has 0 atom stereocenters. The summed E-state index contributed by atoms with van der Waals surface area (Å²) < 4.78 is 5.25. The van der Waals surface area contributed by atoms with E-state index in [4.69, 9.17) is 4.52 Å². The molecule has 1 aliphatic carbocycles. The maximum atomic E-state index is 5.25. The first-order valence-electron chi connectivity index (χ1n) is 8.56. The summed E-state index contributed by atoms with van der Waals surface area (Å²) in [4.78, 5) is 9.00. The van der Waals surface area contributed by atoms with Gasteiger partial charge < -0.3 is 15.2 Å². The van der Waals surface area contributed by atoms with Gasteiger partial charge in [-0.25, -0.2) is 0 Å². The zero-order chi connectivity index (χ0) is 15.8. The molecule has 1 aliphatic rings. The summed E-state index contributed by atoms with van der Waals surface area (Å²) in [6, 6.07) is 0.558. The van der Waals surface area contributed by atoms with Crippen LogP contribution in [-0.4, -0.2) is 35.2 Å². The smallest absolute Gasteiger partial charge is 0.228 e. The van der Waals surface area contributed by atoms with E-state index in [0.29, 0.717) is 30.8 Å². The van der Waals surface area contributed by atoms with Gasteiger partial charge >= 0.3 is 0 Å². The molecule has 1 aromatic rings. The Labute approximate surface area is 133 Å². The molecule has 0 bridgehead atoms. The summed E-state index contributed by atoms with van der Waals surface area (Å²) in [6.45, 7) is 7.73. The summed E-state index contributed by atoms with van der Waals surface area (Å²) in [5.74, 6) is 2.64. The van der Waals surface area contributed by atoms with E-state index in [2.05, 4.69) is 46.5 Å². The van der Waals surface area contributed by atoms with Crippen molar-refractivity contribution in [2.45, 2.75) is 71.3 Å². The van der Waals surface area contributed by atoms with Gasteiger partial charge in [-0.3, -0.25) is 4.99 Å². The first kappa shape index (κ1) is 16.8. The molecule has 0 saturated heterocycles. The Morgan fingerprint density at radius 2 is 2.09 bits per heavy atom. The average molecular weight is 307 g/mol. The van der Waals surface area contributed by atoms with Gasteiger partial charge in [0.25, 0.3) is 0 Å². The number of aliphatic imine (C=N–C) groups is 1. The van der Waals surface area contributed by atoms with Crippen molar-refractivity contribution < 1.29 is 4.52 Å². The van der Waals surface area contributed by atoms with Crippen molar-refractivity contribution in [1.29, 1.82) is 0 Å². The van der Waals surface area contributed by atoms with Crippen LogP contribution in [0, 0.1) is 0 Å². The Hall–Kier alpha value is -1.59. The minimum Gasteiger partial charge on any atom is -0.357 e. The Bertz CT molecular complexity index is 463. The Balaban J connectivity index is 1.83. The SMILES string of the molecule is CCNC(=NCCc1nc(C(C)C)no1)NC1CCCCC1. The van der Waals surface area contributed by atoms with Gasteiger partial charge in [0.1, 0.15) is 0 Å². The van der Waals surface area contributed by atoms with Crippen molar-refractivity contribution in [2.24, 2.45) is 4.99 Å². The lowest BCUT2D eigenvalue weighted by Crippen LogP contribution is -2.44. The fraction of sp³-hybridized carbons (Fsp3) is 0.812. The minimum absolute atomic E-state index is 0.297. The monoisotopic (exact) mass is 307 g/mol. The summed E-state index contributed by atoms with van der Waals surface area (Å²) >= 11 is 0. The van der Waals surface area contributed by atoms with Crippen LogP contribution in [-0.2, 0) is 6.42 Å². The number of nitrogens with one attached hydrogen (secondary N) is 2. The van der Waals surface area contributed by atoms with Crippen molar-refractivity contribution >= 4 is 5.96 Å². The first-order valence-corrected chi connectivity index (χ1v) is 8.56. The molecule has 1 heterocycles. The van der Waals surface area contributed by atoms with Crippen molar-refractivity contribution in [2.75, 3.05) is 13.1 Å². The van der Waals surface area contributed by atoms with E-state index in [1.807, 2.05) is 0 Å². The van der Waals surface area contributed by atoms with Crippen LogP contribution >= 0.6 is 0 Å². The van der Waals surface area contributed by atoms with E-state index in [1.165, 1.54) is 32.1 Å². The highest BCUT2D eigenvalue weighted by molar-refractivity contribution is 5.80. The summed E-state index contributed by atoms with van der Waals surface area (Å²) in [5.41, 5.74) is 0. The molecule has 1 aromatic heterocycles. The standard InChI is InChI=1S/C16H29N5O/c1-4-17-16(19-13-8-6-5-7-9-13)18-11-10-14-20-15(12(2)3)21-22-14/h12-13H,4-11H2,1-3H3,(H2,17,18,19). The molecule has 0 amide bonds. The number of hydrogen-bond donors (Lipinski definition) is 2. The maximum absolute atomic E-state index is 5.25. The van der Waals surface area contributed by atoms with Crippen molar-refractivity contribution in [1.82, 2.24) is 20.8 Å². The molecule has 2 N–H and O–H groups in total. The normalized spacial score (nSPS) is 17.0. The zero-order valence-corrected chi connectivity index (χ0v) is 14.1. The Kier molecular flexibility index (Phi) is 6.68. The molecular weight excluding hydrogens is 278 g/mol. The Morgan fingerprint density at radius 1 is 1.32 bits per heavy atom. The highest BCUT2D eigenvalue weighted by Crippen LogP contribution is 2.17. The van der Waals surface area contributed by atoms with Gasteiger partial charge in [-0.05, 0) is 19.8 Å². The average Bonchev–Trinajstić information content (AvgIpc) is 2.98. The molecule has 0 aliphatic heterocycles. The molecule has 22 heavy (non-hydrogen) atoms. The number of rotatable bonds is 6. The molecule has 1 saturated carbocycles. The molecule has 2 rings (SSSR count). The summed E-state index contributed by atoms with van der Waals surface area (Å²) in [5, 5.41) is 10.8. The fourth-order valence-electron chi connectivity index (χ4n) is 2.63. The molecule has 6 nitrogen and oxygen atoms in total. The van der Waals surface area contributed by atoms with Gasteiger partial charge in [0, 0.05) is 24.9 Å². The predicted octanol–water partition coefficient (Wildman–Crippen LogP) is 2.62. The molecule has 6 heteroatoms. The molecule has 1 fully saturated rings. The molecule has 0 spiro atoms. The Morgan fingerprint density at radius 3 is 2.73 bits per heavy atom. The number of guanidine groups is 1. The predicted molar refractivity (Wildman–Crippen MR) is 88.1 cm³/mol. The van der Waals surface area contributed by atoms with Crippen molar-refractivity contribution in [3.63, 3.8) is 0 Å².